The van der Waals surface area contributed by atoms with Crippen molar-refractivity contribution in [1.29, 1.82) is 0 Å². The Morgan fingerprint density at radius 3 is 2.02 bits per heavy atom. The zero-order valence-corrected chi connectivity index (χ0v) is 26.5. The Morgan fingerprint density at radius 1 is 0.723 bits per heavy atom. The first-order chi connectivity index (χ1) is 22.6. The van der Waals surface area contributed by atoms with Gasteiger partial charge in [0.05, 0.1) is 31.9 Å². The summed E-state index contributed by atoms with van der Waals surface area (Å²) in [5, 5.41) is 73.0. The minimum absolute atomic E-state index is 0.305. The molecule has 3 fully saturated rings. The Morgan fingerprint density at radius 2 is 1.36 bits per heavy atom. The number of aliphatic hydroxyl groups excluding tert-OH is 7. The number of nitrogens with two attached hydrogens (primary N) is 2. The van der Waals surface area contributed by atoms with Gasteiger partial charge in [-0.1, -0.05) is 56.5 Å². The van der Waals surface area contributed by atoms with Crippen LogP contribution in [0.2, 0.25) is 0 Å². The topological polar surface area (TPSA) is 261 Å². The standard InChI is InChI=1S/C31H51N3O13/c1-2-3-4-8-11-42-28-21(33)29(41)43-19(15-37)27(28)47-31-22(34-12-16-9-6-5-7-10-16)25(40)26(18(14-36)45-31)46-30-20(32)24(39)23(38)17(13-35)44-30/h5-7,9-10,12,17-31,35-41H,2-4,8,11,13-15,32-33H2,1H3/t17-,18-,19-,20-,21-,22-,23-,24-,25-,26?,27?,28-,29-,30+,31+/m1/s1. The van der Waals surface area contributed by atoms with Crippen LogP contribution in [0.5, 0.6) is 0 Å². The van der Waals surface area contributed by atoms with Gasteiger partial charge in [0.15, 0.2) is 18.9 Å². The molecule has 268 valence electrons. The lowest BCUT2D eigenvalue weighted by molar-refractivity contribution is -0.349. The Labute approximate surface area is 273 Å². The summed E-state index contributed by atoms with van der Waals surface area (Å²) in [5.74, 6) is 0. The predicted octanol–water partition coefficient (Wildman–Crippen LogP) is -2.91. The molecule has 0 bridgehead atoms. The molecule has 3 aliphatic heterocycles. The largest absolute Gasteiger partial charge is 0.394 e. The van der Waals surface area contributed by atoms with Gasteiger partial charge >= 0.3 is 0 Å². The number of benzene rings is 1. The van der Waals surface area contributed by atoms with Gasteiger partial charge in [-0.2, -0.15) is 0 Å². The summed E-state index contributed by atoms with van der Waals surface area (Å²) in [6, 6.07) is 5.45. The summed E-state index contributed by atoms with van der Waals surface area (Å²) in [5.41, 5.74) is 13.0. The van der Waals surface area contributed by atoms with Gasteiger partial charge in [0.2, 0.25) is 0 Å². The molecular formula is C31H51N3O13. The molecule has 0 radical (unpaired) electrons. The molecule has 1 aromatic carbocycles. The second-order valence-electron chi connectivity index (χ2n) is 12.1. The summed E-state index contributed by atoms with van der Waals surface area (Å²) >= 11 is 0. The minimum Gasteiger partial charge on any atom is -0.394 e. The Balaban J connectivity index is 1.61. The molecule has 16 nitrogen and oxygen atoms in total. The fourth-order valence-electron chi connectivity index (χ4n) is 5.94. The van der Waals surface area contributed by atoms with E-state index >= 15 is 0 Å². The highest BCUT2D eigenvalue weighted by molar-refractivity contribution is 5.79. The number of ether oxygens (including phenoxy) is 6. The SMILES string of the molecule is CCCCCCO[C@H]1C(O[C@@H]2O[C@H](CO)C(O[C@@H]3O[C@H](CO)[C@@H](O)[C@H](O)[C@H]3N)[C@H](O)[C@H]2N=Cc2ccccc2)[C@@H](CO)O[C@@H](O)[C@@H]1N. The number of hydrogen-bond acceptors (Lipinski definition) is 16. The zero-order chi connectivity index (χ0) is 34.1. The average Bonchev–Trinajstić information content (AvgIpc) is 3.08. The first kappa shape index (κ1) is 38.1. The average molecular weight is 674 g/mol. The van der Waals surface area contributed by atoms with E-state index in [1.54, 1.807) is 24.3 Å². The van der Waals surface area contributed by atoms with Crippen molar-refractivity contribution in [2.75, 3.05) is 26.4 Å². The third-order valence-electron chi connectivity index (χ3n) is 8.73. The highest BCUT2D eigenvalue weighted by Crippen LogP contribution is 2.33. The van der Waals surface area contributed by atoms with E-state index in [0.29, 0.717) is 12.2 Å². The lowest BCUT2D eigenvalue weighted by atomic mass is 9.94. The maximum Gasteiger partial charge on any atom is 0.183 e. The normalized spacial score (nSPS) is 41.4. The first-order valence-electron chi connectivity index (χ1n) is 16.2. The molecule has 4 rings (SSSR count). The molecule has 3 aliphatic rings. The third kappa shape index (κ3) is 9.30. The molecule has 2 unspecified atom stereocenters. The maximum atomic E-state index is 11.7. The fraction of sp³-hybridized carbons (Fsp3) is 0.774. The van der Waals surface area contributed by atoms with Gasteiger partial charge in [0, 0.05) is 12.8 Å². The van der Waals surface area contributed by atoms with Crippen LogP contribution >= 0.6 is 0 Å². The van der Waals surface area contributed by atoms with E-state index in [2.05, 4.69) is 11.9 Å². The predicted molar refractivity (Wildman–Crippen MR) is 165 cm³/mol. The molecule has 11 N–H and O–H groups in total. The minimum atomic E-state index is -1.54. The molecule has 0 saturated carbocycles. The van der Waals surface area contributed by atoms with Gasteiger partial charge in [0.1, 0.15) is 61.0 Å². The number of rotatable bonds is 15. The smallest absolute Gasteiger partial charge is 0.183 e. The molecule has 0 aromatic heterocycles. The van der Waals surface area contributed by atoms with E-state index < -0.39 is 112 Å². The highest BCUT2D eigenvalue weighted by atomic mass is 16.7. The van der Waals surface area contributed by atoms with E-state index in [1.165, 1.54) is 6.21 Å². The van der Waals surface area contributed by atoms with Crippen molar-refractivity contribution >= 4 is 6.21 Å². The second-order valence-corrected chi connectivity index (χ2v) is 12.1. The Hall–Kier alpha value is -1.71. The summed E-state index contributed by atoms with van der Waals surface area (Å²) in [4.78, 5) is 4.56. The summed E-state index contributed by atoms with van der Waals surface area (Å²) in [7, 11) is 0. The lowest BCUT2D eigenvalue weighted by Gasteiger charge is -2.49. The van der Waals surface area contributed by atoms with Crippen LogP contribution < -0.4 is 11.5 Å². The van der Waals surface area contributed by atoms with Gasteiger partial charge in [-0.15, -0.1) is 0 Å². The van der Waals surface area contributed by atoms with Gasteiger partial charge in [-0.3, -0.25) is 4.99 Å². The molecule has 0 amide bonds. The fourth-order valence-corrected chi connectivity index (χ4v) is 5.94. The Kier molecular flexibility index (Phi) is 14.9. The van der Waals surface area contributed by atoms with E-state index in [-0.39, 0.29) is 0 Å². The molecular weight excluding hydrogens is 622 g/mol. The third-order valence-corrected chi connectivity index (χ3v) is 8.73. The van der Waals surface area contributed by atoms with Crippen molar-refractivity contribution < 1.29 is 64.2 Å². The molecule has 3 heterocycles. The quantitative estimate of drug-likeness (QED) is 0.0668. The van der Waals surface area contributed by atoms with Gasteiger partial charge in [0.25, 0.3) is 0 Å². The van der Waals surface area contributed by atoms with Gasteiger partial charge in [-0.25, -0.2) is 0 Å². The van der Waals surface area contributed by atoms with Crippen LogP contribution in [0.4, 0.5) is 0 Å². The van der Waals surface area contributed by atoms with E-state index in [9.17, 15) is 35.7 Å². The maximum absolute atomic E-state index is 11.7. The zero-order valence-electron chi connectivity index (χ0n) is 26.5. The summed E-state index contributed by atoms with van der Waals surface area (Å²) in [6.45, 7) is 0.504. The van der Waals surface area contributed by atoms with E-state index in [0.717, 1.165) is 25.7 Å². The first-order valence-corrected chi connectivity index (χ1v) is 16.2. The molecule has 0 spiro atoms. The summed E-state index contributed by atoms with van der Waals surface area (Å²) < 4.78 is 35.7. The van der Waals surface area contributed by atoms with Crippen LogP contribution in [0, 0.1) is 0 Å². The van der Waals surface area contributed by atoms with Gasteiger partial charge in [-0.05, 0) is 12.0 Å². The van der Waals surface area contributed by atoms with Crippen LogP contribution in [0.3, 0.4) is 0 Å². The van der Waals surface area contributed by atoms with E-state index in [1.807, 2.05) is 6.07 Å². The van der Waals surface area contributed by atoms with Crippen LogP contribution in [-0.4, -0.2) is 160 Å². The number of hydrogen-bond donors (Lipinski definition) is 9. The van der Waals surface area contributed by atoms with E-state index in [4.69, 9.17) is 39.9 Å². The van der Waals surface area contributed by atoms with Crippen molar-refractivity contribution in [2.45, 2.75) is 125 Å². The van der Waals surface area contributed by atoms with Crippen LogP contribution in [-0.2, 0) is 28.4 Å². The summed E-state index contributed by atoms with van der Waals surface area (Å²) in [6.07, 6.45) is -10.6. The molecule has 16 heteroatoms. The lowest BCUT2D eigenvalue weighted by Crippen LogP contribution is -2.68. The van der Waals surface area contributed by atoms with Crippen LogP contribution in [0.1, 0.15) is 38.2 Å². The van der Waals surface area contributed by atoms with Crippen molar-refractivity contribution in [3.63, 3.8) is 0 Å². The number of aliphatic hydroxyl groups is 7. The van der Waals surface area contributed by atoms with Crippen molar-refractivity contribution in [3.05, 3.63) is 35.9 Å². The highest BCUT2D eigenvalue weighted by Gasteiger charge is 2.53. The number of unbranched alkanes of at least 4 members (excludes halogenated alkanes) is 3. The van der Waals surface area contributed by atoms with Crippen LogP contribution in [0.15, 0.2) is 35.3 Å². The van der Waals surface area contributed by atoms with Gasteiger partial charge < -0.3 is 75.6 Å². The monoisotopic (exact) mass is 673 g/mol. The van der Waals surface area contributed by atoms with Crippen LogP contribution in [0.25, 0.3) is 0 Å². The number of nitrogens with zero attached hydrogens (tertiary/aromatic N) is 1. The Bertz CT molecular complexity index is 1070. The number of aliphatic imine (C=N–C) groups is 1. The molecule has 1 aromatic rings. The molecule has 0 aliphatic carbocycles. The molecule has 15 atom stereocenters. The molecule has 3 saturated heterocycles. The van der Waals surface area contributed by atoms with Crippen molar-refractivity contribution in [3.8, 4) is 0 Å². The van der Waals surface area contributed by atoms with Crippen molar-refractivity contribution in [1.82, 2.24) is 0 Å². The molecule has 47 heavy (non-hydrogen) atoms. The second kappa shape index (κ2) is 18.3. The van der Waals surface area contributed by atoms with Crippen molar-refractivity contribution in [2.24, 2.45) is 16.5 Å².